The minimum Gasteiger partial charge on any atom is -0.463 e. The molecule has 1 aromatic heterocycles. The summed E-state index contributed by atoms with van der Waals surface area (Å²) in [5.41, 5.74) is 1.23. The maximum atomic E-state index is 5.87. The van der Waals surface area contributed by atoms with E-state index in [0.717, 1.165) is 37.7 Å². The van der Waals surface area contributed by atoms with Crippen molar-refractivity contribution in [2.45, 2.75) is 33.9 Å². The van der Waals surface area contributed by atoms with Gasteiger partial charge in [-0.15, -0.1) is 6.58 Å². The van der Waals surface area contributed by atoms with Crippen molar-refractivity contribution in [3.8, 4) is 0 Å². The standard InChI is InChI=1S/C15H26N2O/c1-6-7-17(5)11-14-8-13(4)15(18-14)10-16-9-12(2)3/h6,8,12,16H,1,7,9-11H2,2-5H3. The third kappa shape index (κ3) is 5.07. The van der Waals surface area contributed by atoms with Gasteiger partial charge in [-0.2, -0.15) is 0 Å². The van der Waals surface area contributed by atoms with Crippen LogP contribution < -0.4 is 5.32 Å². The molecule has 3 nitrogen and oxygen atoms in total. The number of hydrogen-bond donors (Lipinski definition) is 1. The van der Waals surface area contributed by atoms with Crippen LogP contribution in [-0.4, -0.2) is 25.0 Å². The molecule has 0 radical (unpaired) electrons. The van der Waals surface area contributed by atoms with Crippen molar-refractivity contribution in [3.05, 3.63) is 35.8 Å². The van der Waals surface area contributed by atoms with Gasteiger partial charge in [-0.25, -0.2) is 0 Å². The number of rotatable bonds is 8. The van der Waals surface area contributed by atoms with Gasteiger partial charge < -0.3 is 9.73 Å². The maximum Gasteiger partial charge on any atom is 0.120 e. The first-order chi connectivity index (χ1) is 8.52. The Morgan fingerprint density at radius 2 is 2.22 bits per heavy atom. The minimum absolute atomic E-state index is 0.665. The fourth-order valence-corrected chi connectivity index (χ4v) is 1.87. The van der Waals surface area contributed by atoms with Crippen molar-refractivity contribution < 1.29 is 4.42 Å². The first kappa shape index (κ1) is 15.0. The highest BCUT2D eigenvalue weighted by atomic mass is 16.3. The quantitative estimate of drug-likeness (QED) is 0.719. The molecular formula is C15H26N2O. The number of likely N-dealkylation sites (N-methyl/N-ethyl adjacent to an activating group) is 1. The minimum atomic E-state index is 0.665. The largest absolute Gasteiger partial charge is 0.463 e. The third-order valence-corrected chi connectivity index (χ3v) is 2.78. The van der Waals surface area contributed by atoms with Gasteiger partial charge in [0.15, 0.2) is 0 Å². The maximum absolute atomic E-state index is 5.87. The van der Waals surface area contributed by atoms with Gasteiger partial charge in [0.2, 0.25) is 0 Å². The van der Waals surface area contributed by atoms with Crippen LogP contribution in [0.15, 0.2) is 23.1 Å². The Morgan fingerprint density at radius 3 is 2.83 bits per heavy atom. The summed E-state index contributed by atoms with van der Waals surface area (Å²) in [6.45, 7) is 13.8. The summed E-state index contributed by atoms with van der Waals surface area (Å²) in [4.78, 5) is 2.18. The molecule has 102 valence electrons. The summed E-state index contributed by atoms with van der Waals surface area (Å²) in [5.74, 6) is 2.74. The molecule has 1 N–H and O–H groups in total. The predicted octanol–water partition coefficient (Wildman–Crippen LogP) is 2.95. The molecular weight excluding hydrogens is 224 g/mol. The highest BCUT2D eigenvalue weighted by Crippen LogP contribution is 2.16. The zero-order chi connectivity index (χ0) is 13.5. The fourth-order valence-electron chi connectivity index (χ4n) is 1.87. The summed E-state index contributed by atoms with van der Waals surface area (Å²) < 4.78 is 5.87. The molecule has 0 saturated heterocycles. The topological polar surface area (TPSA) is 28.4 Å². The molecule has 0 saturated carbocycles. The SMILES string of the molecule is C=CCN(C)Cc1cc(C)c(CNCC(C)C)o1. The molecule has 0 amide bonds. The summed E-state index contributed by atoms with van der Waals surface area (Å²) in [6, 6.07) is 2.13. The van der Waals surface area contributed by atoms with Crippen LogP contribution >= 0.6 is 0 Å². The normalized spacial score (nSPS) is 11.4. The second-order valence-electron chi connectivity index (χ2n) is 5.33. The lowest BCUT2D eigenvalue weighted by molar-refractivity contribution is 0.314. The lowest BCUT2D eigenvalue weighted by atomic mass is 10.2. The van der Waals surface area contributed by atoms with Gasteiger partial charge in [-0.1, -0.05) is 19.9 Å². The molecule has 18 heavy (non-hydrogen) atoms. The van der Waals surface area contributed by atoms with Crippen molar-refractivity contribution >= 4 is 0 Å². The van der Waals surface area contributed by atoms with E-state index >= 15 is 0 Å². The molecule has 1 aromatic rings. The van der Waals surface area contributed by atoms with Crippen LogP contribution in [0.3, 0.4) is 0 Å². The second kappa shape index (κ2) is 7.39. The molecule has 0 aromatic carbocycles. The highest BCUT2D eigenvalue weighted by molar-refractivity contribution is 5.20. The van der Waals surface area contributed by atoms with Gasteiger partial charge in [0, 0.05) is 6.54 Å². The number of furan rings is 1. The monoisotopic (exact) mass is 250 g/mol. The fraction of sp³-hybridized carbons (Fsp3) is 0.600. The second-order valence-corrected chi connectivity index (χ2v) is 5.33. The van der Waals surface area contributed by atoms with Gasteiger partial charge in [-0.3, -0.25) is 4.90 Å². The van der Waals surface area contributed by atoms with Gasteiger partial charge in [0.1, 0.15) is 11.5 Å². The van der Waals surface area contributed by atoms with E-state index in [-0.39, 0.29) is 0 Å². The molecule has 0 atom stereocenters. The van der Waals surface area contributed by atoms with Crippen LogP contribution in [0.5, 0.6) is 0 Å². The molecule has 0 unspecified atom stereocenters. The van der Waals surface area contributed by atoms with Crippen LogP contribution in [0.4, 0.5) is 0 Å². The van der Waals surface area contributed by atoms with E-state index in [1.54, 1.807) is 0 Å². The van der Waals surface area contributed by atoms with E-state index < -0.39 is 0 Å². The molecule has 0 spiro atoms. The van der Waals surface area contributed by atoms with Gasteiger partial charge in [0.05, 0.1) is 13.1 Å². The van der Waals surface area contributed by atoms with E-state index in [1.165, 1.54) is 5.56 Å². The van der Waals surface area contributed by atoms with Crippen molar-refractivity contribution in [1.29, 1.82) is 0 Å². The van der Waals surface area contributed by atoms with E-state index in [2.05, 4.69) is 50.7 Å². The van der Waals surface area contributed by atoms with Gasteiger partial charge >= 0.3 is 0 Å². The molecule has 0 aliphatic heterocycles. The van der Waals surface area contributed by atoms with Crippen molar-refractivity contribution in [2.24, 2.45) is 5.92 Å². The average molecular weight is 250 g/mol. The van der Waals surface area contributed by atoms with Crippen molar-refractivity contribution in [2.75, 3.05) is 20.1 Å². The molecule has 3 heteroatoms. The average Bonchev–Trinajstić information content (AvgIpc) is 2.59. The van der Waals surface area contributed by atoms with Crippen molar-refractivity contribution in [1.82, 2.24) is 10.2 Å². The molecule has 1 heterocycles. The van der Waals surface area contributed by atoms with Crippen LogP contribution in [0.1, 0.15) is 30.9 Å². The van der Waals surface area contributed by atoms with Crippen LogP contribution in [0.25, 0.3) is 0 Å². The van der Waals surface area contributed by atoms with E-state index in [1.807, 2.05) is 6.08 Å². The Morgan fingerprint density at radius 1 is 1.50 bits per heavy atom. The number of hydrogen-bond acceptors (Lipinski definition) is 3. The Balaban J connectivity index is 2.50. The molecule has 1 rings (SSSR count). The zero-order valence-electron chi connectivity index (χ0n) is 12.1. The Bertz CT molecular complexity index is 369. The highest BCUT2D eigenvalue weighted by Gasteiger charge is 2.09. The Labute approximate surface area is 111 Å². The summed E-state index contributed by atoms with van der Waals surface area (Å²) in [5, 5.41) is 3.41. The smallest absolute Gasteiger partial charge is 0.120 e. The van der Waals surface area contributed by atoms with Crippen molar-refractivity contribution in [3.63, 3.8) is 0 Å². The van der Waals surface area contributed by atoms with Gasteiger partial charge in [0.25, 0.3) is 0 Å². The number of nitrogens with one attached hydrogen (secondary N) is 1. The van der Waals surface area contributed by atoms with Crippen LogP contribution in [0.2, 0.25) is 0 Å². The van der Waals surface area contributed by atoms with E-state index in [4.69, 9.17) is 4.42 Å². The predicted molar refractivity (Wildman–Crippen MR) is 76.5 cm³/mol. The lowest BCUT2D eigenvalue weighted by Gasteiger charge is -2.11. The van der Waals surface area contributed by atoms with Crippen LogP contribution in [0, 0.1) is 12.8 Å². The van der Waals surface area contributed by atoms with Gasteiger partial charge in [-0.05, 0) is 38.1 Å². The molecule has 0 aliphatic carbocycles. The first-order valence-corrected chi connectivity index (χ1v) is 6.61. The molecule has 0 aliphatic rings. The summed E-state index contributed by atoms with van der Waals surface area (Å²) in [6.07, 6.45) is 1.90. The number of nitrogens with zero attached hydrogens (tertiary/aromatic N) is 1. The molecule has 0 bridgehead atoms. The third-order valence-electron chi connectivity index (χ3n) is 2.78. The van der Waals surface area contributed by atoms with E-state index in [9.17, 15) is 0 Å². The van der Waals surface area contributed by atoms with Crippen LogP contribution in [-0.2, 0) is 13.1 Å². The molecule has 0 fully saturated rings. The Kier molecular flexibility index (Phi) is 6.16. The Hall–Kier alpha value is -1.06. The number of aryl methyl sites for hydroxylation is 1. The van der Waals surface area contributed by atoms with E-state index in [0.29, 0.717) is 5.92 Å². The summed E-state index contributed by atoms with van der Waals surface area (Å²) in [7, 11) is 2.07. The summed E-state index contributed by atoms with van der Waals surface area (Å²) >= 11 is 0. The zero-order valence-corrected chi connectivity index (χ0v) is 12.1. The lowest BCUT2D eigenvalue weighted by Crippen LogP contribution is -2.19. The first-order valence-electron chi connectivity index (χ1n) is 6.61.